The Morgan fingerprint density at radius 2 is 1.76 bits per heavy atom. The first-order chi connectivity index (χ1) is 12.1. The molecule has 138 valence electrons. The number of nitrogens with two attached hydrogens (primary N) is 1. The molecular formula is C19H28N2O4. The maximum Gasteiger partial charge on any atom is 0.243 e. The van der Waals surface area contributed by atoms with Gasteiger partial charge in [0.25, 0.3) is 0 Å². The van der Waals surface area contributed by atoms with Crippen molar-refractivity contribution in [1.29, 1.82) is 0 Å². The lowest BCUT2D eigenvalue weighted by Crippen LogP contribution is -2.58. The summed E-state index contributed by atoms with van der Waals surface area (Å²) in [5, 5.41) is 0. The molecule has 1 saturated heterocycles. The molecule has 0 atom stereocenters. The standard InChI is InChI=1S/C19H28N2O4/c1-3-24-16-11-14-5-8-21(13-15(14)12-17(16)25-4-2)18(22)19(20)6-9-23-10-7-19/h11-12H,3-10,13,20H2,1-2H3. The molecule has 0 aliphatic carbocycles. The topological polar surface area (TPSA) is 74.0 Å². The van der Waals surface area contributed by atoms with Crippen LogP contribution < -0.4 is 15.2 Å². The van der Waals surface area contributed by atoms with Crippen LogP contribution in [0, 0.1) is 0 Å². The van der Waals surface area contributed by atoms with Crippen LogP contribution in [0.15, 0.2) is 12.1 Å². The second-order valence-corrected chi connectivity index (χ2v) is 6.68. The Morgan fingerprint density at radius 1 is 1.16 bits per heavy atom. The number of carbonyl (C=O) groups excluding carboxylic acids is 1. The van der Waals surface area contributed by atoms with Gasteiger partial charge in [-0.15, -0.1) is 0 Å². The van der Waals surface area contributed by atoms with Gasteiger partial charge in [0.1, 0.15) is 0 Å². The summed E-state index contributed by atoms with van der Waals surface area (Å²) >= 11 is 0. The van der Waals surface area contributed by atoms with Gasteiger partial charge in [0.2, 0.25) is 5.91 Å². The average molecular weight is 348 g/mol. The van der Waals surface area contributed by atoms with Crippen molar-refractivity contribution in [2.24, 2.45) is 5.73 Å². The maximum absolute atomic E-state index is 13.0. The molecular weight excluding hydrogens is 320 g/mol. The molecule has 0 spiro atoms. The zero-order chi connectivity index (χ0) is 17.9. The van der Waals surface area contributed by atoms with E-state index in [1.54, 1.807) is 0 Å². The van der Waals surface area contributed by atoms with Crippen LogP contribution in [0.2, 0.25) is 0 Å². The van der Waals surface area contributed by atoms with Crippen molar-refractivity contribution in [3.05, 3.63) is 23.3 Å². The van der Waals surface area contributed by atoms with E-state index >= 15 is 0 Å². The second-order valence-electron chi connectivity index (χ2n) is 6.68. The summed E-state index contributed by atoms with van der Waals surface area (Å²) in [7, 11) is 0. The lowest BCUT2D eigenvalue weighted by Gasteiger charge is -2.39. The van der Waals surface area contributed by atoms with Crippen LogP contribution in [0.4, 0.5) is 0 Å². The second kappa shape index (κ2) is 7.62. The van der Waals surface area contributed by atoms with E-state index in [9.17, 15) is 4.79 Å². The molecule has 2 heterocycles. The predicted molar refractivity (Wildman–Crippen MR) is 94.9 cm³/mol. The molecule has 0 aromatic heterocycles. The van der Waals surface area contributed by atoms with Gasteiger partial charge in [-0.3, -0.25) is 4.79 Å². The van der Waals surface area contributed by atoms with Crippen molar-refractivity contribution < 1.29 is 19.0 Å². The van der Waals surface area contributed by atoms with Crippen LogP contribution in [-0.2, 0) is 22.5 Å². The minimum absolute atomic E-state index is 0.0355. The fraction of sp³-hybridized carbons (Fsp3) is 0.632. The van der Waals surface area contributed by atoms with Gasteiger partial charge in [0.15, 0.2) is 11.5 Å². The van der Waals surface area contributed by atoms with E-state index in [2.05, 4.69) is 6.07 Å². The quantitative estimate of drug-likeness (QED) is 0.879. The Kier molecular flexibility index (Phi) is 5.49. The van der Waals surface area contributed by atoms with Crippen molar-refractivity contribution in [3.63, 3.8) is 0 Å². The maximum atomic E-state index is 13.0. The molecule has 0 unspecified atom stereocenters. The molecule has 6 nitrogen and oxygen atoms in total. The lowest BCUT2D eigenvalue weighted by molar-refractivity contribution is -0.141. The number of rotatable bonds is 5. The third-order valence-corrected chi connectivity index (χ3v) is 4.98. The molecule has 2 aliphatic heterocycles. The van der Waals surface area contributed by atoms with Crippen molar-refractivity contribution in [2.45, 2.75) is 45.2 Å². The van der Waals surface area contributed by atoms with Crippen LogP contribution >= 0.6 is 0 Å². The Bertz CT molecular complexity index is 626. The molecule has 25 heavy (non-hydrogen) atoms. The Labute approximate surface area is 149 Å². The minimum atomic E-state index is -0.788. The van der Waals surface area contributed by atoms with Gasteiger partial charge >= 0.3 is 0 Å². The van der Waals surface area contributed by atoms with Crippen LogP contribution in [-0.4, -0.2) is 49.3 Å². The van der Waals surface area contributed by atoms with Gasteiger partial charge in [-0.05, 0) is 56.4 Å². The van der Waals surface area contributed by atoms with Crippen LogP contribution in [0.25, 0.3) is 0 Å². The Balaban J connectivity index is 1.80. The van der Waals surface area contributed by atoms with Crippen molar-refractivity contribution in [1.82, 2.24) is 4.90 Å². The fourth-order valence-electron chi connectivity index (χ4n) is 3.54. The zero-order valence-corrected chi connectivity index (χ0v) is 15.2. The minimum Gasteiger partial charge on any atom is -0.490 e. The number of hydrogen-bond donors (Lipinski definition) is 1. The van der Waals surface area contributed by atoms with E-state index in [1.807, 2.05) is 24.8 Å². The van der Waals surface area contributed by atoms with E-state index in [4.69, 9.17) is 19.9 Å². The lowest BCUT2D eigenvalue weighted by atomic mass is 9.88. The fourth-order valence-corrected chi connectivity index (χ4v) is 3.54. The van der Waals surface area contributed by atoms with E-state index in [-0.39, 0.29) is 5.91 Å². The van der Waals surface area contributed by atoms with Gasteiger partial charge in [-0.1, -0.05) is 0 Å². The first-order valence-corrected chi connectivity index (χ1v) is 9.14. The Morgan fingerprint density at radius 3 is 2.36 bits per heavy atom. The highest BCUT2D eigenvalue weighted by Gasteiger charge is 2.39. The molecule has 2 N–H and O–H groups in total. The highest BCUT2D eigenvalue weighted by Crippen LogP contribution is 2.34. The van der Waals surface area contributed by atoms with Crippen LogP contribution in [0.5, 0.6) is 11.5 Å². The smallest absolute Gasteiger partial charge is 0.243 e. The van der Waals surface area contributed by atoms with Gasteiger partial charge in [0.05, 0.1) is 18.8 Å². The summed E-state index contributed by atoms with van der Waals surface area (Å²) in [6, 6.07) is 4.06. The first kappa shape index (κ1) is 18.0. The van der Waals surface area contributed by atoms with E-state index in [0.717, 1.165) is 23.5 Å². The number of carbonyl (C=O) groups is 1. The predicted octanol–water partition coefficient (Wildman–Crippen LogP) is 1.88. The number of amides is 1. The first-order valence-electron chi connectivity index (χ1n) is 9.14. The van der Waals surface area contributed by atoms with Crippen molar-refractivity contribution in [2.75, 3.05) is 33.0 Å². The summed E-state index contributed by atoms with van der Waals surface area (Å²) in [5.41, 5.74) is 7.92. The number of ether oxygens (including phenoxy) is 3. The van der Waals surface area contributed by atoms with Gasteiger partial charge < -0.3 is 24.8 Å². The van der Waals surface area contributed by atoms with Crippen LogP contribution in [0.3, 0.4) is 0 Å². The number of benzene rings is 1. The molecule has 3 rings (SSSR count). The summed E-state index contributed by atoms with van der Waals surface area (Å²) < 4.78 is 16.8. The molecule has 0 radical (unpaired) electrons. The van der Waals surface area contributed by atoms with Crippen molar-refractivity contribution >= 4 is 5.91 Å². The molecule has 6 heteroatoms. The highest BCUT2D eigenvalue weighted by molar-refractivity contribution is 5.86. The molecule has 1 aromatic rings. The number of fused-ring (bicyclic) bond motifs is 1. The normalized spacial score (nSPS) is 19.2. The molecule has 0 bridgehead atoms. The average Bonchev–Trinajstić information content (AvgIpc) is 2.62. The van der Waals surface area contributed by atoms with Gasteiger partial charge in [-0.25, -0.2) is 0 Å². The van der Waals surface area contributed by atoms with E-state index < -0.39 is 5.54 Å². The molecule has 0 saturated carbocycles. The monoisotopic (exact) mass is 348 g/mol. The third kappa shape index (κ3) is 3.75. The van der Waals surface area contributed by atoms with E-state index in [1.165, 1.54) is 5.56 Å². The largest absolute Gasteiger partial charge is 0.490 e. The van der Waals surface area contributed by atoms with Gasteiger partial charge in [-0.2, -0.15) is 0 Å². The van der Waals surface area contributed by atoms with Gasteiger partial charge in [0, 0.05) is 26.3 Å². The molecule has 1 amide bonds. The summed E-state index contributed by atoms with van der Waals surface area (Å²) in [6.45, 7) is 7.45. The van der Waals surface area contributed by atoms with Crippen molar-refractivity contribution in [3.8, 4) is 11.5 Å². The van der Waals surface area contributed by atoms with Crippen LogP contribution in [0.1, 0.15) is 37.8 Å². The third-order valence-electron chi connectivity index (χ3n) is 4.98. The SMILES string of the molecule is CCOc1cc2c(cc1OCC)CN(C(=O)C1(N)CCOCC1)CC2. The number of nitrogens with zero attached hydrogens (tertiary/aromatic N) is 1. The van der Waals surface area contributed by atoms with E-state index in [0.29, 0.717) is 52.4 Å². The Hall–Kier alpha value is -1.79. The highest BCUT2D eigenvalue weighted by atomic mass is 16.5. The molecule has 1 aromatic carbocycles. The summed E-state index contributed by atoms with van der Waals surface area (Å²) in [5.74, 6) is 1.56. The molecule has 2 aliphatic rings. The summed E-state index contributed by atoms with van der Waals surface area (Å²) in [6.07, 6.45) is 1.98. The molecule has 1 fully saturated rings. The zero-order valence-electron chi connectivity index (χ0n) is 15.2. The number of hydrogen-bond acceptors (Lipinski definition) is 5. The summed E-state index contributed by atoms with van der Waals surface area (Å²) in [4.78, 5) is 14.8.